The van der Waals surface area contributed by atoms with Crippen molar-refractivity contribution in [1.82, 2.24) is 5.06 Å². The number of hydroxylamine groups is 2. The fourth-order valence-electron chi connectivity index (χ4n) is 1.65. The number of hydrogen-bond acceptors (Lipinski definition) is 4. The smallest absolute Gasteiger partial charge is 0.247 e. The third-order valence-electron chi connectivity index (χ3n) is 2.75. The van der Waals surface area contributed by atoms with E-state index in [-0.39, 0.29) is 18.2 Å². The Hall–Kier alpha value is -1.24. The monoisotopic (exact) mass is 300 g/mol. The zero-order valence-electron chi connectivity index (χ0n) is 10.5. The predicted molar refractivity (Wildman–Crippen MR) is 74.1 cm³/mol. The Balaban J connectivity index is 2.11. The molecule has 0 aliphatic carbocycles. The van der Waals surface area contributed by atoms with Crippen LogP contribution < -0.4 is 5.32 Å². The molecule has 19 heavy (non-hydrogen) atoms. The highest BCUT2D eigenvalue weighted by Gasteiger charge is 2.30. The largest absolute Gasteiger partial charge is 0.324 e. The molecule has 7 heteroatoms. The molecule has 0 radical (unpaired) electrons. The number of thioether (sulfide) groups is 1. The van der Waals surface area contributed by atoms with Crippen molar-refractivity contribution in [2.45, 2.75) is 16.6 Å². The van der Waals surface area contributed by atoms with Gasteiger partial charge in [-0.25, -0.2) is 5.06 Å². The van der Waals surface area contributed by atoms with Crippen molar-refractivity contribution < 1.29 is 14.4 Å². The van der Waals surface area contributed by atoms with Gasteiger partial charge in [0.1, 0.15) is 0 Å². The van der Waals surface area contributed by atoms with Gasteiger partial charge in [0.15, 0.2) is 0 Å². The Morgan fingerprint density at radius 2 is 2.32 bits per heavy atom. The van der Waals surface area contributed by atoms with Crippen LogP contribution in [0.25, 0.3) is 0 Å². The summed E-state index contributed by atoms with van der Waals surface area (Å²) in [4.78, 5) is 29.4. The van der Waals surface area contributed by atoms with E-state index in [1.807, 2.05) is 6.07 Å². The molecule has 0 unspecified atom stereocenters. The minimum atomic E-state index is -0.459. The first-order valence-corrected chi connectivity index (χ1v) is 6.84. The Morgan fingerprint density at radius 1 is 1.58 bits per heavy atom. The number of rotatable bonds is 3. The Morgan fingerprint density at radius 3 is 3.00 bits per heavy atom. The van der Waals surface area contributed by atoms with E-state index in [2.05, 4.69) is 5.32 Å². The van der Waals surface area contributed by atoms with Crippen molar-refractivity contribution in [3.05, 3.63) is 23.2 Å². The van der Waals surface area contributed by atoms with Gasteiger partial charge in [-0.15, -0.1) is 11.8 Å². The van der Waals surface area contributed by atoms with Crippen LogP contribution in [0.2, 0.25) is 5.02 Å². The molecule has 0 bridgehead atoms. The van der Waals surface area contributed by atoms with Crippen LogP contribution in [0.5, 0.6) is 0 Å². The summed E-state index contributed by atoms with van der Waals surface area (Å²) < 4.78 is 0. The van der Waals surface area contributed by atoms with Gasteiger partial charge in [-0.2, -0.15) is 0 Å². The van der Waals surface area contributed by atoms with Crippen LogP contribution in [0.15, 0.2) is 23.1 Å². The van der Waals surface area contributed by atoms with Gasteiger partial charge in [-0.05, 0) is 18.2 Å². The van der Waals surface area contributed by atoms with Crippen LogP contribution in [0.4, 0.5) is 5.69 Å². The van der Waals surface area contributed by atoms with E-state index in [0.717, 1.165) is 9.96 Å². The zero-order valence-corrected chi connectivity index (χ0v) is 12.0. The lowest BCUT2D eigenvalue weighted by molar-refractivity contribution is -0.168. The summed E-state index contributed by atoms with van der Waals surface area (Å²) in [5.41, 5.74) is 0.686. The van der Waals surface area contributed by atoms with Gasteiger partial charge < -0.3 is 5.32 Å². The molecule has 0 aromatic heterocycles. The summed E-state index contributed by atoms with van der Waals surface area (Å²) in [6, 6.07) is 5.28. The molecule has 5 nitrogen and oxygen atoms in total. The number of carbonyl (C=O) groups excluding carboxylic acids is 2. The second-order valence-corrected chi connectivity index (χ2v) is 5.70. The first kappa shape index (κ1) is 14.2. The fraction of sp³-hybridized carbons (Fsp3) is 0.333. The van der Waals surface area contributed by atoms with E-state index in [1.54, 1.807) is 12.1 Å². The highest BCUT2D eigenvalue weighted by molar-refractivity contribution is 8.01. The average Bonchev–Trinajstić information content (AvgIpc) is 2.38. The van der Waals surface area contributed by atoms with Crippen LogP contribution in [0.3, 0.4) is 0 Å². The van der Waals surface area contributed by atoms with Gasteiger partial charge in [0, 0.05) is 17.0 Å². The molecule has 1 atom stereocenters. The van der Waals surface area contributed by atoms with E-state index < -0.39 is 5.25 Å². The van der Waals surface area contributed by atoms with Gasteiger partial charge in [-0.1, -0.05) is 11.6 Å². The highest BCUT2D eigenvalue weighted by atomic mass is 35.5. The molecule has 0 spiro atoms. The molecule has 1 aliphatic rings. The number of nitrogens with zero attached hydrogens (tertiary/aromatic N) is 1. The summed E-state index contributed by atoms with van der Waals surface area (Å²) in [5, 5.41) is 3.98. The second-order valence-electron chi connectivity index (χ2n) is 4.01. The Bertz CT molecular complexity index is 524. The molecule has 0 saturated carbocycles. The maximum atomic E-state index is 11.9. The van der Waals surface area contributed by atoms with Gasteiger partial charge in [0.25, 0.3) is 0 Å². The quantitative estimate of drug-likeness (QED) is 0.869. The topological polar surface area (TPSA) is 58.6 Å². The molecular weight excluding hydrogens is 288 g/mol. The Labute approximate surface area is 120 Å². The molecule has 0 fully saturated rings. The number of anilines is 1. The van der Waals surface area contributed by atoms with Crippen molar-refractivity contribution in [3.8, 4) is 0 Å². The molecule has 1 aliphatic heterocycles. The summed E-state index contributed by atoms with van der Waals surface area (Å²) in [6.07, 6.45) is 0.0862. The van der Waals surface area contributed by atoms with Crippen molar-refractivity contribution in [2.75, 3.05) is 19.5 Å². The summed E-state index contributed by atoms with van der Waals surface area (Å²) in [5.74, 6) is -0.440. The maximum absolute atomic E-state index is 11.9. The normalized spacial score (nSPS) is 17.6. The maximum Gasteiger partial charge on any atom is 0.247 e. The van der Waals surface area contributed by atoms with Crippen LogP contribution in [-0.4, -0.2) is 36.3 Å². The zero-order chi connectivity index (χ0) is 14.0. The molecule has 1 aromatic rings. The molecule has 0 saturated heterocycles. The molecule has 1 N–H and O–H groups in total. The number of carbonyl (C=O) groups is 2. The first-order valence-electron chi connectivity index (χ1n) is 5.59. The first-order chi connectivity index (χ1) is 9.01. The summed E-state index contributed by atoms with van der Waals surface area (Å²) in [6.45, 7) is 0. The number of benzene rings is 1. The van der Waals surface area contributed by atoms with Crippen LogP contribution in [0, 0.1) is 0 Å². The van der Waals surface area contributed by atoms with Crippen LogP contribution in [0.1, 0.15) is 6.42 Å². The molecule has 102 valence electrons. The van der Waals surface area contributed by atoms with Gasteiger partial charge in [-0.3, -0.25) is 14.4 Å². The molecule has 2 amide bonds. The summed E-state index contributed by atoms with van der Waals surface area (Å²) >= 11 is 7.22. The van der Waals surface area contributed by atoms with E-state index in [4.69, 9.17) is 16.4 Å². The number of amides is 2. The number of hydrogen-bond donors (Lipinski definition) is 1. The van der Waals surface area contributed by atoms with E-state index >= 15 is 0 Å². The number of nitrogens with one attached hydrogen (secondary N) is 1. The SMILES string of the molecule is CON(C)C(=O)C[C@@H]1Sc2ccc(Cl)cc2NC1=O. The third-order valence-corrected chi connectivity index (χ3v) is 4.26. The van der Waals surface area contributed by atoms with Gasteiger partial charge in [0.2, 0.25) is 11.8 Å². The van der Waals surface area contributed by atoms with Gasteiger partial charge >= 0.3 is 0 Å². The number of halogens is 1. The molecular formula is C12H13ClN2O3S. The molecule has 1 aromatic carbocycles. The fourth-order valence-corrected chi connectivity index (χ4v) is 2.90. The average molecular weight is 301 g/mol. The van der Waals surface area contributed by atoms with Crippen molar-refractivity contribution in [1.29, 1.82) is 0 Å². The minimum absolute atomic E-state index is 0.0862. The molecule has 1 heterocycles. The highest BCUT2D eigenvalue weighted by Crippen LogP contribution is 2.38. The number of fused-ring (bicyclic) bond motifs is 1. The lowest BCUT2D eigenvalue weighted by atomic mass is 10.2. The van der Waals surface area contributed by atoms with Crippen molar-refractivity contribution >= 4 is 40.9 Å². The van der Waals surface area contributed by atoms with Crippen molar-refractivity contribution in [3.63, 3.8) is 0 Å². The standard InChI is InChI=1S/C12H13ClN2O3S/c1-15(18-2)11(16)6-10-12(17)14-8-5-7(13)3-4-9(8)19-10/h3-5,10H,6H2,1-2H3,(H,14,17)/t10-/m0/s1. The van der Waals surface area contributed by atoms with Crippen molar-refractivity contribution in [2.24, 2.45) is 0 Å². The lowest BCUT2D eigenvalue weighted by Crippen LogP contribution is -2.35. The van der Waals surface area contributed by atoms with Crippen LogP contribution >= 0.6 is 23.4 Å². The second kappa shape index (κ2) is 5.81. The van der Waals surface area contributed by atoms with Crippen LogP contribution in [-0.2, 0) is 14.4 Å². The van der Waals surface area contributed by atoms with E-state index in [0.29, 0.717) is 10.7 Å². The lowest BCUT2D eigenvalue weighted by Gasteiger charge is -2.25. The van der Waals surface area contributed by atoms with E-state index in [9.17, 15) is 9.59 Å². The third kappa shape index (κ3) is 3.20. The minimum Gasteiger partial charge on any atom is -0.324 e. The van der Waals surface area contributed by atoms with Gasteiger partial charge in [0.05, 0.1) is 24.5 Å². The summed E-state index contributed by atoms with van der Waals surface area (Å²) in [7, 11) is 2.92. The Kier molecular flexibility index (Phi) is 4.34. The molecule has 2 rings (SSSR count). The predicted octanol–water partition coefficient (Wildman–Crippen LogP) is 2.16. The van der Waals surface area contributed by atoms with E-state index in [1.165, 1.54) is 25.9 Å².